The second-order valence-corrected chi connectivity index (χ2v) is 9.61. The zero-order valence-electron chi connectivity index (χ0n) is 17.1. The number of pyridine rings is 1. The highest BCUT2D eigenvalue weighted by Gasteiger charge is 2.33. The highest BCUT2D eigenvalue weighted by Crippen LogP contribution is 2.28. The summed E-state index contributed by atoms with van der Waals surface area (Å²) in [6.45, 7) is 2.75. The molecule has 9 heteroatoms. The molecule has 0 saturated carbocycles. The molecular weight excluding hydrogens is 404 g/mol. The Morgan fingerprint density at radius 3 is 2.73 bits per heavy atom. The maximum atomic E-state index is 13.0. The summed E-state index contributed by atoms with van der Waals surface area (Å²) in [7, 11) is -0.0178. The van der Waals surface area contributed by atoms with Crippen molar-refractivity contribution in [2.24, 2.45) is 5.92 Å². The third kappa shape index (κ3) is 3.60. The lowest BCUT2D eigenvalue weighted by molar-refractivity contribution is 0.0787. The number of ether oxygens (including phenoxy) is 1. The van der Waals surface area contributed by atoms with Gasteiger partial charge in [0.15, 0.2) is 0 Å². The predicted octanol–water partition coefficient (Wildman–Crippen LogP) is 2.40. The zero-order chi connectivity index (χ0) is 21.5. The van der Waals surface area contributed by atoms with Crippen LogP contribution in [-0.2, 0) is 16.6 Å². The number of carbonyl (C=O) groups is 1. The summed E-state index contributed by atoms with van der Waals surface area (Å²) < 4.78 is 33.1. The molecule has 0 N–H and O–H groups in total. The highest BCUT2D eigenvalue weighted by molar-refractivity contribution is 7.93. The number of hydrogen-bond donors (Lipinski definition) is 0. The Balaban J connectivity index is 1.56. The summed E-state index contributed by atoms with van der Waals surface area (Å²) in [6, 6.07) is 12.7. The van der Waals surface area contributed by atoms with Gasteiger partial charge in [0.2, 0.25) is 15.9 Å². The van der Waals surface area contributed by atoms with E-state index < -0.39 is 10.0 Å². The van der Waals surface area contributed by atoms with Gasteiger partial charge in [-0.3, -0.25) is 9.10 Å². The number of aromatic nitrogens is 2. The molecule has 1 amide bonds. The maximum absolute atomic E-state index is 13.0. The predicted molar refractivity (Wildman–Crippen MR) is 114 cm³/mol. The average Bonchev–Trinajstić information content (AvgIpc) is 3.26. The number of amides is 1. The number of rotatable bonds is 5. The van der Waals surface area contributed by atoms with Gasteiger partial charge in [-0.2, -0.15) is 5.10 Å². The average molecular weight is 429 g/mol. The molecule has 0 spiro atoms. The van der Waals surface area contributed by atoms with E-state index in [1.54, 1.807) is 35.7 Å². The first-order chi connectivity index (χ1) is 14.3. The van der Waals surface area contributed by atoms with Crippen LogP contribution in [0.1, 0.15) is 22.8 Å². The molecule has 0 bridgehead atoms. The summed E-state index contributed by atoms with van der Waals surface area (Å²) in [4.78, 5) is 14.6. The lowest BCUT2D eigenvalue weighted by Gasteiger charge is -2.20. The van der Waals surface area contributed by atoms with Gasteiger partial charge in [0, 0.05) is 26.2 Å². The third-order valence-electron chi connectivity index (χ3n) is 5.22. The fourth-order valence-electron chi connectivity index (χ4n) is 3.83. The van der Waals surface area contributed by atoms with Crippen LogP contribution in [0.15, 0.2) is 48.7 Å². The normalized spacial score (nSPS) is 18.0. The van der Waals surface area contributed by atoms with Gasteiger partial charge in [-0.25, -0.2) is 12.9 Å². The number of fused-ring (bicyclic) bond motifs is 1. The second kappa shape index (κ2) is 7.64. The van der Waals surface area contributed by atoms with E-state index in [0.29, 0.717) is 35.7 Å². The quantitative estimate of drug-likeness (QED) is 0.623. The Morgan fingerprint density at radius 2 is 2.03 bits per heavy atom. The summed E-state index contributed by atoms with van der Waals surface area (Å²) in [5.41, 5.74) is 2.63. The van der Waals surface area contributed by atoms with Crippen LogP contribution in [0.25, 0.3) is 5.52 Å². The minimum absolute atomic E-state index is 0.0931. The smallest absolute Gasteiger partial charge is 0.257 e. The first-order valence-electron chi connectivity index (χ1n) is 9.65. The van der Waals surface area contributed by atoms with Gasteiger partial charge >= 0.3 is 0 Å². The van der Waals surface area contributed by atoms with E-state index in [1.807, 2.05) is 37.3 Å². The number of sulfonamides is 1. The first-order valence-corrected chi connectivity index (χ1v) is 11.3. The van der Waals surface area contributed by atoms with Crippen molar-refractivity contribution in [1.82, 2.24) is 14.5 Å². The van der Waals surface area contributed by atoms with Gasteiger partial charge in [-0.05, 0) is 29.7 Å². The summed E-state index contributed by atoms with van der Waals surface area (Å²) in [5.74, 6) is 0.623. The topological polar surface area (TPSA) is 84.2 Å². The number of carbonyl (C=O) groups excluding carboxylic acids is 1. The molecule has 0 aliphatic carbocycles. The van der Waals surface area contributed by atoms with Crippen molar-refractivity contribution in [2.75, 3.05) is 30.8 Å². The van der Waals surface area contributed by atoms with Crippen molar-refractivity contribution in [2.45, 2.75) is 13.5 Å². The van der Waals surface area contributed by atoms with Crippen molar-refractivity contribution in [3.05, 3.63) is 59.8 Å². The van der Waals surface area contributed by atoms with Crippen molar-refractivity contribution >= 4 is 27.1 Å². The first kappa shape index (κ1) is 20.2. The number of hydrogen-bond acceptors (Lipinski definition) is 5. The van der Waals surface area contributed by atoms with Crippen LogP contribution < -0.4 is 9.04 Å². The van der Waals surface area contributed by atoms with Gasteiger partial charge < -0.3 is 9.64 Å². The lowest BCUT2D eigenvalue weighted by atomic mass is 10.1. The molecule has 0 radical (unpaired) electrons. The monoisotopic (exact) mass is 428 g/mol. The van der Waals surface area contributed by atoms with Crippen molar-refractivity contribution in [1.29, 1.82) is 0 Å². The Bertz CT molecular complexity index is 1200. The minimum Gasteiger partial charge on any atom is -0.481 e. The van der Waals surface area contributed by atoms with E-state index in [1.165, 1.54) is 10.5 Å². The van der Waals surface area contributed by atoms with Gasteiger partial charge in [0.05, 0.1) is 35.8 Å². The lowest BCUT2D eigenvalue weighted by Crippen LogP contribution is -2.27. The molecule has 30 heavy (non-hydrogen) atoms. The molecule has 1 saturated heterocycles. The molecule has 158 valence electrons. The van der Waals surface area contributed by atoms with E-state index in [-0.39, 0.29) is 17.6 Å². The molecule has 1 aliphatic heterocycles. The number of nitrogens with zero attached hydrogens (tertiary/aromatic N) is 4. The van der Waals surface area contributed by atoms with Crippen molar-refractivity contribution in [3.63, 3.8) is 0 Å². The molecule has 1 aromatic carbocycles. The molecular formula is C21H24N4O4S. The molecule has 3 heterocycles. The Kier molecular flexibility index (Phi) is 5.15. The van der Waals surface area contributed by atoms with Crippen molar-refractivity contribution in [3.8, 4) is 5.88 Å². The molecule has 1 fully saturated rings. The molecule has 2 aromatic heterocycles. The standard InChI is InChI=1S/C21H24N4O4S/c1-15-12-24(30(27,28)14-15)17-7-4-6-16(10-17)13-23(2)21(26)18-11-22-25-19(18)8-5-9-20(25)29-3/h4-11,15H,12-14H2,1-3H3. The second-order valence-electron chi connectivity index (χ2n) is 7.67. The van der Waals surface area contributed by atoms with Crippen molar-refractivity contribution < 1.29 is 17.9 Å². The number of methoxy groups -OCH3 is 1. The van der Waals surface area contributed by atoms with Crippen LogP contribution >= 0.6 is 0 Å². The third-order valence-corrected chi connectivity index (χ3v) is 7.24. The van der Waals surface area contributed by atoms with Crippen LogP contribution in [0.4, 0.5) is 5.69 Å². The van der Waals surface area contributed by atoms with Crippen LogP contribution in [0, 0.1) is 5.92 Å². The molecule has 4 rings (SSSR count). The Morgan fingerprint density at radius 1 is 1.27 bits per heavy atom. The Hall–Kier alpha value is -3.07. The highest BCUT2D eigenvalue weighted by atomic mass is 32.2. The van der Waals surface area contributed by atoms with E-state index >= 15 is 0 Å². The van der Waals surface area contributed by atoms with E-state index in [9.17, 15) is 13.2 Å². The summed E-state index contributed by atoms with van der Waals surface area (Å²) in [6.07, 6.45) is 1.53. The number of anilines is 1. The Labute approximate surface area is 175 Å². The minimum atomic E-state index is -3.29. The van der Waals surface area contributed by atoms with Crippen LogP contribution in [0.3, 0.4) is 0 Å². The largest absolute Gasteiger partial charge is 0.481 e. The van der Waals surface area contributed by atoms with Crippen LogP contribution in [-0.4, -0.2) is 55.3 Å². The number of benzene rings is 1. The molecule has 1 aliphatic rings. The van der Waals surface area contributed by atoms with E-state index in [4.69, 9.17) is 4.74 Å². The van der Waals surface area contributed by atoms with E-state index in [2.05, 4.69) is 5.10 Å². The fourth-order valence-corrected chi connectivity index (χ4v) is 5.75. The zero-order valence-corrected chi connectivity index (χ0v) is 18.0. The van der Waals surface area contributed by atoms with Crippen LogP contribution in [0.2, 0.25) is 0 Å². The van der Waals surface area contributed by atoms with Gasteiger partial charge in [-0.1, -0.05) is 25.1 Å². The maximum Gasteiger partial charge on any atom is 0.257 e. The molecule has 8 nitrogen and oxygen atoms in total. The molecule has 3 aromatic rings. The summed E-state index contributed by atoms with van der Waals surface area (Å²) in [5, 5.41) is 4.26. The van der Waals surface area contributed by atoms with E-state index in [0.717, 1.165) is 5.56 Å². The molecule has 1 atom stereocenters. The van der Waals surface area contributed by atoms with Crippen LogP contribution in [0.5, 0.6) is 5.88 Å². The van der Waals surface area contributed by atoms with Gasteiger partial charge in [0.25, 0.3) is 5.91 Å². The fraction of sp³-hybridized carbons (Fsp3) is 0.333. The summed E-state index contributed by atoms with van der Waals surface area (Å²) >= 11 is 0. The van der Waals surface area contributed by atoms with Gasteiger partial charge in [0.1, 0.15) is 0 Å². The SMILES string of the molecule is COc1cccc2c(C(=O)N(C)Cc3cccc(N4CC(C)CS4(=O)=O)c3)cnn12. The molecule has 1 unspecified atom stereocenters. The van der Waals surface area contributed by atoms with Gasteiger partial charge in [-0.15, -0.1) is 0 Å².